The standard InChI is InChI=1S/C22H30N2O4S/c1-15(2)13-17(4)24(5)22(25)18-12-11-16(3)21(14-18)29(26,27)23-19-9-7-8-10-20(19)28-6/h7-12,14-15,17,23H,13H2,1-6H3. The Morgan fingerprint density at radius 2 is 1.79 bits per heavy atom. The van der Waals surface area contributed by atoms with E-state index in [4.69, 9.17) is 4.74 Å². The summed E-state index contributed by atoms with van der Waals surface area (Å²) in [6.45, 7) is 7.91. The third-order valence-electron chi connectivity index (χ3n) is 4.87. The van der Waals surface area contributed by atoms with Gasteiger partial charge in [-0.3, -0.25) is 9.52 Å². The van der Waals surface area contributed by atoms with Crippen LogP contribution in [0.15, 0.2) is 47.4 Å². The summed E-state index contributed by atoms with van der Waals surface area (Å²) in [5, 5.41) is 0. The highest BCUT2D eigenvalue weighted by Gasteiger charge is 2.23. The Balaban J connectivity index is 2.35. The molecule has 1 N–H and O–H groups in total. The molecule has 0 aliphatic heterocycles. The molecule has 158 valence electrons. The first-order valence-electron chi connectivity index (χ1n) is 9.60. The van der Waals surface area contributed by atoms with Crippen molar-refractivity contribution in [3.63, 3.8) is 0 Å². The topological polar surface area (TPSA) is 75.7 Å². The molecular weight excluding hydrogens is 388 g/mol. The van der Waals surface area contributed by atoms with Crippen molar-refractivity contribution in [2.45, 2.75) is 45.1 Å². The van der Waals surface area contributed by atoms with Crippen LogP contribution in [0.5, 0.6) is 5.75 Å². The lowest BCUT2D eigenvalue weighted by atomic mass is 10.0. The van der Waals surface area contributed by atoms with Crippen molar-refractivity contribution in [1.29, 1.82) is 0 Å². The van der Waals surface area contributed by atoms with Gasteiger partial charge in [-0.25, -0.2) is 8.42 Å². The third kappa shape index (κ3) is 5.50. The number of amides is 1. The normalized spacial score (nSPS) is 12.5. The highest BCUT2D eigenvalue weighted by Crippen LogP contribution is 2.28. The van der Waals surface area contributed by atoms with Gasteiger partial charge in [0, 0.05) is 18.7 Å². The Kier molecular flexibility index (Phi) is 7.30. The molecule has 2 aromatic carbocycles. The molecule has 0 spiro atoms. The van der Waals surface area contributed by atoms with Gasteiger partial charge in [0.05, 0.1) is 17.7 Å². The number of aryl methyl sites for hydroxylation is 1. The third-order valence-corrected chi connectivity index (χ3v) is 6.38. The highest BCUT2D eigenvalue weighted by molar-refractivity contribution is 7.92. The zero-order valence-electron chi connectivity index (χ0n) is 17.9. The van der Waals surface area contributed by atoms with E-state index in [0.717, 1.165) is 6.42 Å². The second kappa shape index (κ2) is 9.31. The minimum absolute atomic E-state index is 0.0514. The lowest BCUT2D eigenvalue weighted by molar-refractivity contribution is 0.0728. The van der Waals surface area contributed by atoms with Crippen molar-refractivity contribution >= 4 is 21.6 Å². The fourth-order valence-corrected chi connectivity index (χ4v) is 4.54. The number of methoxy groups -OCH3 is 1. The number of rotatable bonds is 8. The molecule has 29 heavy (non-hydrogen) atoms. The maximum absolute atomic E-state index is 13.0. The summed E-state index contributed by atoms with van der Waals surface area (Å²) in [6.07, 6.45) is 0.870. The Hall–Kier alpha value is -2.54. The number of benzene rings is 2. The Labute approximate surface area is 173 Å². The average Bonchev–Trinajstić information content (AvgIpc) is 2.66. The van der Waals surface area contributed by atoms with Crippen LogP contribution in [0.25, 0.3) is 0 Å². The molecule has 2 aromatic rings. The zero-order chi connectivity index (χ0) is 21.8. The summed E-state index contributed by atoms with van der Waals surface area (Å²) in [6, 6.07) is 11.6. The lowest BCUT2D eigenvalue weighted by Gasteiger charge is -2.26. The molecule has 0 fully saturated rings. The SMILES string of the molecule is COc1ccccc1NS(=O)(=O)c1cc(C(=O)N(C)C(C)CC(C)C)ccc1C. The van der Waals surface area contributed by atoms with Gasteiger partial charge in [-0.1, -0.05) is 32.0 Å². The molecule has 0 saturated carbocycles. The van der Waals surface area contributed by atoms with Crippen molar-refractivity contribution in [1.82, 2.24) is 4.90 Å². The summed E-state index contributed by atoms with van der Waals surface area (Å²) in [4.78, 5) is 14.6. The quantitative estimate of drug-likeness (QED) is 0.693. The second-order valence-corrected chi connectivity index (χ2v) is 9.33. The highest BCUT2D eigenvalue weighted by atomic mass is 32.2. The second-order valence-electron chi connectivity index (χ2n) is 7.68. The fourth-order valence-electron chi connectivity index (χ4n) is 3.20. The number of carbonyl (C=O) groups excluding carboxylic acids is 1. The minimum Gasteiger partial charge on any atom is -0.495 e. The van der Waals surface area contributed by atoms with E-state index in [0.29, 0.717) is 28.5 Å². The van der Waals surface area contributed by atoms with Gasteiger partial charge in [-0.05, 0) is 56.0 Å². The first kappa shape index (κ1) is 22.7. The summed E-state index contributed by atoms with van der Waals surface area (Å²) in [5.74, 6) is 0.675. The molecular formula is C22H30N2O4S. The van der Waals surface area contributed by atoms with Crippen molar-refractivity contribution in [3.05, 3.63) is 53.6 Å². The lowest BCUT2D eigenvalue weighted by Crippen LogP contribution is -2.36. The Morgan fingerprint density at radius 3 is 2.41 bits per heavy atom. The van der Waals surface area contributed by atoms with Gasteiger partial charge in [0.15, 0.2) is 0 Å². The van der Waals surface area contributed by atoms with E-state index >= 15 is 0 Å². The zero-order valence-corrected chi connectivity index (χ0v) is 18.7. The molecule has 1 unspecified atom stereocenters. The smallest absolute Gasteiger partial charge is 0.262 e. The largest absolute Gasteiger partial charge is 0.495 e. The molecule has 2 rings (SSSR count). The summed E-state index contributed by atoms with van der Waals surface area (Å²) in [7, 11) is -0.674. The molecule has 7 heteroatoms. The number of para-hydroxylation sites is 2. The van der Waals surface area contributed by atoms with E-state index in [1.807, 2.05) is 6.92 Å². The van der Waals surface area contributed by atoms with E-state index in [-0.39, 0.29) is 16.8 Å². The number of hydrogen-bond donors (Lipinski definition) is 1. The molecule has 1 atom stereocenters. The fraction of sp³-hybridized carbons (Fsp3) is 0.409. The van der Waals surface area contributed by atoms with E-state index in [1.165, 1.54) is 13.2 Å². The first-order valence-corrected chi connectivity index (χ1v) is 11.1. The van der Waals surface area contributed by atoms with E-state index in [1.54, 1.807) is 55.3 Å². The Morgan fingerprint density at radius 1 is 1.14 bits per heavy atom. The van der Waals surface area contributed by atoms with Crippen molar-refractivity contribution in [3.8, 4) is 5.75 Å². The van der Waals surface area contributed by atoms with Gasteiger partial charge in [-0.2, -0.15) is 0 Å². The summed E-state index contributed by atoms with van der Waals surface area (Å²) in [5.41, 5.74) is 1.24. The number of sulfonamides is 1. The van der Waals surface area contributed by atoms with Crippen molar-refractivity contribution in [2.24, 2.45) is 5.92 Å². The predicted octanol–water partition coefficient (Wildman–Crippen LogP) is 4.31. The molecule has 0 aromatic heterocycles. The van der Waals surface area contributed by atoms with E-state index < -0.39 is 10.0 Å². The number of ether oxygens (including phenoxy) is 1. The Bertz CT molecular complexity index is 971. The van der Waals surface area contributed by atoms with Gasteiger partial charge in [0.1, 0.15) is 5.75 Å². The van der Waals surface area contributed by atoms with Gasteiger partial charge in [-0.15, -0.1) is 0 Å². The molecule has 0 radical (unpaired) electrons. The number of anilines is 1. The number of nitrogens with one attached hydrogen (secondary N) is 1. The summed E-state index contributed by atoms with van der Waals surface area (Å²) < 4.78 is 33.8. The van der Waals surface area contributed by atoms with Crippen molar-refractivity contribution < 1.29 is 17.9 Å². The summed E-state index contributed by atoms with van der Waals surface area (Å²) >= 11 is 0. The van der Waals surface area contributed by atoms with Gasteiger partial charge < -0.3 is 9.64 Å². The number of hydrogen-bond acceptors (Lipinski definition) is 4. The van der Waals surface area contributed by atoms with Gasteiger partial charge in [0.25, 0.3) is 15.9 Å². The van der Waals surface area contributed by atoms with Crippen LogP contribution in [-0.2, 0) is 10.0 Å². The molecule has 0 aliphatic rings. The van der Waals surface area contributed by atoms with Crippen LogP contribution in [0.1, 0.15) is 43.1 Å². The first-order chi connectivity index (χ1) is 13.6. The maximum Gasteiger partial charge on any atom is 0.262 e. The number of carbonyl (C=O) groups is 1. The van der Waals surface area contributed by atoms with Crippen LogP contribution >= 0.6 is 0 Å². The molecule has 1 amide bonds. The minimum atomic E-state index is -3.90. The van der Waals surface area contributed by atoms with Crippen LogP contribution in [0.3, 0.4) is 0 Å². The predicted molar refractivity (Wildman–Crippen MR) is 116 cm³/mol. The molecule has 0 heterocycles. The van der Waals surface area contributed by atoms with Crippen molar-refractivity contribution in [2.75, 3.05) is 18.9 Å². The van der Waals surface area contributed by atoms with E-state index in [9.17, 15) is 13.2 Å². The van der Waals surface area contributed by atoms with Gasteiger partial charge in [0.2, 0.25) is 0 Å². The molecule has 6 nitrogen and oxygen atoms in total. The molecule has 0 saturated heterocycles. The van der Waals surface area contributed by atoms with E-state index in [2.05, 4.69) is 18.6 Å². The molecule has 0 bridgehead atoms. The van der Waals surface area contributed by atoms with Gasteiger partial charge >= 0.3 is 0 Å². The number of nitrogens with zero attached hydrogens (tertiary/aromatic N) is 1. The van der Waals surface area contributed by atoms with Crippen LogP contribution < -0.4 is 9.46 Å². The van der Waals surface area contributed by atoms with Crippen LogP contribution in [0, 0.1) is 12.8 Å². The van der Waals surface area contributed by atoms with Crippen LogP contribution in [0.4, 0.5) is 5.69 Å². The van der Waals surface area contributed by atoms with Crippen LogP contribution in [-0.4, -0.2) is 39.4 Å². The average molecular weight is 419 g/mol. The monoisotopic (exact) mass is 418 g/mol. The maximum atomic E-state index is 13.0. The van der Waals surface area contributed by atoms with Crippen LogP contribution in [0.2, 0.25) is 0 Å². The molecule has 0 aliphatic carbocycles.